The average Bonchev–Trinajstić information content (AvgIpc) is 2.61. The van der Waals surface area contributed by atoms with Gasteiger partial charge in [-0.1, -0.05) is 24.3 Å². The van der Waals surface area contributed by atoms with Crippen LogP contribution in [0.1, 0.15) is 5.56 Å². The van der Waals surface area contributed by atoms with Crippen LogP contribution in [-0.2, 0) is 6.42 Å². The molecule has 0 radical (unpaired) electrons. The zero-order valence-electron chi connectivity index (χ0n) is 13.2. The smallest absolute Gasteiger partial charge is 0.316 e. The van der Waals surface area contributed by atoms with E-state index in [1.807, 2.05) is 42.5 Å². The maximum absolute atomic E-state index is 5.65. The van der Waals surface area contributed by atoms with Gasteiger partial charge >= 0.3 is 6.01 Å². The van der Waals surface area contributed by atoms with Gasteiger partial charge in [-0.3, -0.25) is 0 Å². The first-order valence-corrected chi connectivity index (χ1v) is 7.35. The Bertz CT molecular complexity index is 805. The lowest BCUT2D eigenvalue weighted by atomic mass is 10.1. The summed E-state index contributed by atoms with van der Waals surface area (Å²) in [6.07, 6.45) is 2.50. The molecule has 3 rings (SSSR count). The van der Waals surface area contributed by atoms with Crippen molar-refractivity contribution >= 4 is 10.9 Å². The van der Waals surface area contributed by atoms with Crippen molar-refractivity contribution in [1.82, 2.24) is 9.97 Å². The fourth-order valence-electron chi connectivity index (χ4n) is 2.32. The number of aromatic nitrogens is 2. The molecule has 1 aromatic heterocycles. The molecule has 23 heavy (non-hydrogen) atoms. The second-order valence-corrected chi connectivity index (χ2v) is 5.00. The minimum absolute atomic E-state index is 0.393. The van der Waals surface area contributed by atoms with E-state index >= 15 is 0 Å². The maximum Gasteiger partial charge on any atom is 0.316 e. The maximum atomic E-state index is 5.65. The third kappa shape index (κ3) is 3.51. The van der Waals surface area contributed by atoms with Gasteiger partial charge in [-0.05, 0) is 23.8 Å². The summed E-state index contributed by atoms with van der Waals surface area (Å²) in [6, 6.07) is 14.0. The van der Waals surface area contributed by atoms with Crippen LogP contribution in [0.3, 0.4) is 0 Å². The van der Waals surface area contributed by atoms with Crippen molar-refractivity contribution in [3.8, 4) is 17.5 Å². The van der Waals surface area contributed by atoms with E-state index in [2.05, 4.69) is 9.97 Å². The first-order chi connectivity index (χ1) is 11.3. The number of methoxy groups -OCH3 is 2. The number of hydrogen-bond acceptors (Lipinski definition) is 5. The van der Waals surface area contributed by atoms with E-state index in [0.29, 0.717) is 18.4 Å². The molecule has 0 aliphatic rings. The van der Waals surface area contributed by atoms with Crippen molar-refractivity contribution in [1.29, 1.82) is 0 Å². The first kappa shape index (κ1) is 15.1. The fraction of sp³-hybridized carbons (Fsp3) is 0.222. The molecule has 0 atom stereocenters. The van der Waals surface area contributed by atoms with Gasteiger partial charge in [-0.15, -0.1) is 0 Å². The molecular formula is C18H18N2O3. The third-order valence-electron chi connectivity index (χ3n) is 3.54. The molecule has 0 bridgehead atoms. The molecule has 3 aromatic rings. The lowest BCUT2D eigenvalue weighted by molar-refractivity contribution is 0.297. The Labute approximate surface area is 134 Å². The summed E-state index contributed by atoms with van der Waals surface area (Å²) >= 11 is 0. The number of nitrogens with zero attached hydrogens (tertiary/aromatic N) is 2. The topological polar surface area (TPSA) is 53.5 Å². The Kier molecular flexibility index (Phi) is 4.57. The molecule has 0 amide bonds. The molecule has 0 saturated carbocycles. The van der Waals surface area contributed by atoms with Crippen molar-refractivity contribution in [3.63, 3.8) is 0 Å². The standard InChI is InChI=1S/C18H18N2O3/c1-21-16-8-7-13(11-17(16)22-2)9-10-23-18-19-12-14-5-3-4-6-15(14)20-18/h3-8,11-12H,9-10H2,1-2H3. The highest BCUT2D eigenvalue weighted by Crippen LogP contribution is 2.27. The molecule has 0 saturated heterocycles. The number of rotatable bonds is 6. The molecule has 5 heteroatoms. The van der Waals surface area contributed by atoms with E-state index in [-0.39, 0.29) is 0 Å². The third-order valence-corrected chi connectivity index (χ3v) is 3.54. The summed E-state index contributed by atoms with van der Waals surface area (Å²) in [5.41, 5.74) is 1.98. The Hall–Kier alpha value is -2.82. The number of para-hydroxylation sites is 1. The predicted molar refractivity (Wildman–Crippen MR) is 88.3 cm³/mol. The van der Waals surface area contributed by atoms with Crippen LogP contribution in [0.2, 0.25) is 0 Å². The van der Waals surface area contributed by atoms with Crippen LogP contribution in [0.15, 0.2) is 48.7 Å². The summed E-state index contributed by atoms with van der Waals surface area (Å²) in [6.45, 7) is 0.494. The number of ether oxygens (including phenoxy) is 3. The van der Waals surface area contributed by atoms with Gasteiger partial charge in [0.2, 0.25) is 0 Å². The highest BCUT2D eigenvalue weighted by molar-refractivity contribution is 5.77. The molecule has 0 unspecified atom stereocenters. The van der Waals surface area contributed by atoms with Gasteiger partial charge in [0.25, 0.3) is 0 Å². The van der Waals surface area contributed by atoms with Crippen molar-refractivity contribution in [3.05, 3.63) is 54.2 Å². The molecule has 0 aliphatic heterocycles. The van der Waals surface area contributed by atoms with E-state index in [9.17, 15) is 0 Å². The Morgan fingerprint density at radius 3 is 2.61 bits per heavy atom. The number of benzene rings is 2. The highest BCUT2D eigenvalue weighted by Gasteiger charge is 2.05. The molecule has 0 fully saturated rings. The highest BCUT2D eigenvalue weighted by atomic mass is 16.5. The fourth-order valence-corrected chi connectivity index (χ4v) is 2.32. The Morgan fingerprint density at radius 1 is 0.957 bits per heavy atom. The van der Waals surface area contributed by atoms with Crippen LogP contribution in [-0.4, -0.2) is 30.8 Å². The normalized spacial score (nSPS) is 10.5. The van der Waals surface area contributed by atoms with Gasteiger partial charge in [0.15, 0.2) is 11.5 Å². The van der Waals surface area contributed by atoms with Gasteiger partial charge in [-0.2, -0.15) is 4.98 Å². The summed E-state index contributed by atoms with van der Waals surface area (Å²) in [7, 11) is 3.25. The van der Waals surface area contributed by atoms with Crippen LogP contribution in [0.4, 0.5) is 0 Å². The van der Waals surface area contributed by atoms with Crippen LogP contribution < -0.4 is 14.2 Å². The van der Waals surface area contributed by atoms with E-state index < -0.39 is 0 Å². The van der Waals surface area contributed by atoms with Gasteiger partial charge < -0.3 is 14.2 Å². The van der Waals surface area contributed by atoms with E-state index in [0.717, 1.165) is 28.6 Å². The molecule has 0 aliphatic carbocycles. The zero-order chi connectivity index (χ0) is 16.1. The molecular weight excluding hydrogens is 292 g/mol. The quantitative estimate of drug-likeness (QED) is 0.699. The van der Waals surface area contributed by atoms with Crippen molar-refractivity contribution in [2.45, 2.75) is 6.42 Å². The number of hydrogen-bond donors (Lipinski definition) is 0. The van der Waals surface area contributed by atoms with Crippen LogP contribution in [0, 0.1) is 0 Å². The van der Waals surface area contributed by atoms with Gasteiger partial charge in [0, 0.05) is 18.0 Å². The molecule has 0 spiro atoms. The monoisotopic (exact) mass is 310 g/mol. The first-order valence-electron chi connectivity index (χ1n) is 7.35. The predicted octanol–water partition coefficient (Wildman–Crippen LogP) is 3.27. The second kappa shape index (κ2) is 6.96. The van der Waals surface area contributed by atoms with Crippen LogP contribution >= 0.6 is 0 Å². The second-order valence-electron chi connectivity index (χ2n) is 5.00. The van der Waals surface area contributed by atoms with Crippen molar-refractivity contribution in [2.75, 3.05) is 20.8 Å². The summed E-state index contributed by atoms with van der Waals surface area (Å²) < 4.78 is 16.2. The number of fused-ring (bicyclic) bond motifs is 1. The minimum Gasteiger partial charge on any atom is -0.493 e. The van der Waals surface area contributed by atoms with Gasteiger partial charge in [-0.25, -0.2) is 4.98 Å². The molecule has 1 heterocycles. The Balaban J connectivity index is 1.64. The van der Waals surface area contributed by atoms with E-state index in [4.69, 9.17) is 14.2 Å². The largest absolute Gasteiger partial charge is 0.493 e. The molecule has 0 N–H and O–H groups in total. The lowest BCUT2D eigenvalue weighted by Gasteiger charge is -2.10. The summed E-state index contributed by atoms with van der Waals surface area (Å²) in [5, 5.41) is 1.000. The van der Waals surface area contributed by atoms with Gasteiger partial charge in [0.1, 0.15) is 0 Å². The summed E-state index contributed by atoms with van der Waals surface area (Å²) in [4.78, 5) is 8.61. The average molecular weight is 310 g/mol. The van der Waals surface area contributed by atoms with Gasteiger partial charge in [0.05, 0.1) is 26.3 Å². The van der Waals surface area contributed by atoms with Crippen LogP contribution in [0.5, 0.6) is 17.5 Å². The molecule has 5 nitrogen and oxygen atoms in total. The summed E-state index contributed by atoms with van der Waals surface area (Å²) in [5.74, 6) is 1.43. The van der Waals surface area contributed by atoms with E-state index in [1.165, 1.54) is 0 Å². The Morgan fingerprint density at radius 2 is 1.78 bits per heavy atom. The lowest BCUT2D eigenvalue weighted by Crippen LogP contribution is -2.04. The molecule has 2 aromatic carbocycles. The van der Waals surface area contributed by atoms with Crippen molar-refractivity contribution in [2.24, 2.45) is 0 Å². The minimum atomic E-state index is 0.393. The van der Waals surface area contributed by atoms with Crippen LogP contribution in [0.25, 0.3) is 10.9 Å². The van der Waals surface area contributed by atoms with E-state index in [1.54, 1.807) is 20.4 Å². The molecule has 118 valence electrons. The zero-order valence-corrected chi connectivity index (χ0v) is 13.2. The SMILES string of the molecule is COc1ccc(CCOc2ncc3ccccc3n2)cc1OC. The van der Waals surface area contributed by atoms with Crippen molar-refractivity contribution < 1.29 is 14.2 Å².